The lowest BCUT2D eigenvalue weighted by Crippen LogP contribution is -2.21. The summed E-state index contributed by atoms with van der Waals surface area (Å²) < 4.78 is 0. The first-order valence-electron chi connectivity index (χ1n) is 4.87. The van der Waals surface area contributed by atoms with Crippen LogP contribution in [0.5, 0.6) is 0 Å². The van der Waals surface area contributed by atoms with Crippen LogP contribution in [0.4, 0.5) is 4.79 Å². The third kappa shape index (κ3) is 4.00. The van der Waals surface area contributed by atoms with Crippen LogP contribution >= 0.6 is 0 Å². The van der Waals surface area contributed by atoms with Crippen molar-refractivity contribution < 1.29 is 14.7 Å². The third-order valence-corrected chi connectivity index (χ3v) is 2.08. The molecule has 0 saturated carbocycles. The van der Waals surface area contributed by atoms with E-state index in [1.165, 1.54) is 0 Å². The Morgan fingerprint density at radius 1 is 1.31 bits per heavy atom. The van der Waals surface area contributed by atoms with Gasteiger partial charge in [0.15, 0.2) is 0 Å². The van der Waals surface area contributed by atoms with Crippen molar-refractivity contribution in [3.8, 4) is 0 Å². The Balaban J connectivity index is 2.63. The van der Waals surface area contributed by atoms with E-state index in [4.69, 9.17) is 5.11 Å². The van der Waals surface area contributed by atoms with E-state index in [2.05, 4.69) is 10.6 Å². The summed E-state index contributed by atoms with van der Waals surface area (Å²) in [4.78, 5) is 21.4. The van der Waals surface area contributed by atoms with E-state index >= 15 is 0 Å². The van der Waals surface area contributed by atoms with E-state index in [0.29, 0.717) is 6.42 Å². The molecular formula is C11H14N2O3. The Bertz CT molecular complexity index is 391. The highest BCUT2D eigenvalue weighted by Gasteiger charge is 2.02. The normalized spacial score (nSPS) is 9.56. The standard InChI is InChI=1S/C11H14N2O3/c1-12-10(14)6-8-3-2-4-9(5-8)7-13-11(15)16/h2-5,13H,6-7H2,1H3,(H,12,14)(H,15,16). The van der Waals surface area contributed by atoms with Gasteiger partial charge in [0.25, 0.3) is 0 Å². The number of likely N-dealkylation sites (N-methyl/N-ethyl adjacent to an activating group) is 1. The summed E-state index contributed by atoms with van der Waals surface area (Å²) >= 11 is 0. The van der Waals surface area contributed by atoms with E-state index in [1.807, 2.05) is 18.2 Å². The molecule has 0 aliphatic rings. The Kier molecular flexibility index (Phi) is 4.32. The fourth-order valence-electron chi connectivity index (χ4n) is 1.30. The SMILES string of the molecule is CNC(=O)Cc1cccc(CNC(=O)O)c1. The molecule has 2 amide bonds. The van der Waals surface area contributed by atoms with E-state index in [9.17, 15) is 9.59 Å². The highest BCUT2D eigenvalue weighted by molar-refractivity contribution is 5.78. The number of hydrogen-bond donors (Lipinski definition) is 3. The Labute approximate surface area is 93.5 Å². The lowest BCUT2D eigenvalue weighted by Gasteiger charge is -2.04. The van der Waals surface area contributed by atoms with Crippen LogP contribution in [0.15, 0.2) is 24.3 Å². The fourth-order valence-corrected chi connectivity index (χ4v) is 1.30. The van der Waals surface area contributed by atoms with Gasteiger partial charge in [0.05, 0.1) is 6.42 Å². The van der Waals surface area contributed by atoms with E-state index in [1.54, 1.807) is 13.1 Å². The van der Waals surface area contributed by atoms with Crippen LogP contribution < -0.4 is 10.6 Å². The maximum atomic E-state index is 11.1. The summed E-state index contributed by atoms with van der Waals surface area (Å²) in [5.74, 6) is -0.0663. The molecule has 5 nitrogen and oxygen atoms in total. The number of carbonyl (C=O) groups excluding carboxylic acids is 1. The largest absolute Gasteiger partial charge is 0.465 e. The van der Waals surface area contributed by atoms with Crippen LogP contribution in [0.25, 0.3) is 0 Å². The van der Waals surface area contributed by atoms with Crippen molar-refractivity contribution >= 4 is 12.0 Å². The molecule has 0 aliphatic carbocycles. The Morgan fingerprint density at radius 3 is 2.62 bits per heavy atom. The number of carboxylic acid groups (broad SMARTS) is 1. The first-order valence-corrected chi connectivity index (χ1v) is 4.87. The molecule has 86 valence electrons. The summed E-state index contributed by atoms with van der Waals surface area (Å²) in [6.07, 6.45) is -0.756. The van der Waals surface area contributed by atoms with Gasteiger partial charge in [-0.25, -0.2) is 4.79 Å². The van der Waals surface area contributed by atoms with Crippen LogP contribution in [-0.2, 0) is 17.8 Å². The van der Waals surface area contributed by atoms with Gasteiger partial charge in [-0.2, -0.15) is 0 Å². The smallest absolute Gasteiger partial charge is 0.404 e. The first-order chi connectivity index (χ1) is 7.61. The molecule has 0 bridgehead atoms. The van der Waals surface area contributed by atoms with E-state index in [-0.39, 0.29) is 12.5 Å². The topological polar surface area (TPSA) is 78.4 Å². The molecule has 1 aromatic carbocycles. The van der Waals surface area contributed by atoms with Crippen molar-refractivity contribution in [1.29, 1.82) is 0 Å². The molecule has 0 spiro atoms. The van der Waals surface area contributed by atoms with Crippen LogP contribution in [0, 0.1) is 0 Å². The van der Waals surface area contributed by atoms with Gasteiger partial charge in [-0.15, -0.1) is 0 Å². The highest BCUT2D eigenvalue weighted by atomic mass is 16.4. The maximum absolute atomic E-state index is 11.1. The Hall–Kier alpha value is -2.04. The molecule has 0 heterocycles. The van der Waals surface area contributed by atoms with Gasteiger partial charge in [-0.3, -0.25) is 4.79 Å². The van der Waals surface area contributed by atoms with Gasteiger partial charge in [0, 0.05) is 13.6 Å². The monoisotopic (exact) mass is 222 g/mol. The number of nitrogens with one attached hydrogen (secondary N) is 2. The summed E-state index contributed by atoms with van der Waals surface area (Å²) in [6, 6.07) is 7.26. The molecule has 1 aromatic rings. The van der Waals surface area contributed by atoms with Crippen molar-refractivity contribution in [2.24, 2.45) is 0 Å². The van der Waals surface area contributed by atoms with E-state index < -0.39 is 6.09 Å². The average Bonchev–Trinajstić information content (AvgIpc) is 2.26. The molecule has 0 aromatic heterocycles. The molecule has 0 aliphatic heterocycles. The van der Waals surface area contributed by atoms with Gasteiger partial charge in [-0.1, -0.05) is 24.3 Å². The quantitative estimate of drug-likeness (QED) is 0.703. The number of benzene rings is 1. The second kappa shape index (κ2) is 5.75. The number of carbonyl (C=O) groups is 2. The molecule has 0 fully saturated rings. The Morgan fingerprint density at radius 2 is 2.00 bits per heavy atom. The maximum Gasteiger partial charge on any atom is 0.404 e. The molecule has 16 heavy (non-hydrogen) atoms. The van der Waals surface area contributed by atoms with Crippen LogP contribution in [-0.4, -0.2) is 24.2 Å². The first kappa shape index (κ1) is 12.0. The minimum Gasteiger partial charge on any atom is -0.465 e. The lowest BCUT2D eigenvalue weighted by molar-refractivity contribution is -0.119. The zero-order chi connectivity index (χ0) is 12.0. The van der Waals surface area contributed by atoms with E-state index in [0.717, 1.165) is 11.1 Å². The van der Waals surface area contributed by atoms with Crippen molar-refractivity contribution in [2.75, 3.05) is 7.05 Å². The number of hydrogen-bond acceptors (Lipinski definition) is 2. The summed E-state index contributed by atoms with van der Waals surface area (Å²) in [5, 5.41) is 13.3. The van der Waals surface area contributed by atoms with Gasteiger partial charge in [0.1, 0.15) is 0 Å². The molecule has 3 N–H and O–H groups in total. The van der Waals surface area contributed by atoms with Crippen LogP contribution in [0.3, 0.4) is 0 Å². The molecule has 5 heteroatoms. The zero-order valence-electron chi connectivity index (χ0n) is 8.99. The minimum atomic E-state index is -1.06. The lowest BCUT2D eigenvalue weighted by atomic mass is 10.1. The molecular weight excluding hydrogens is 208 g/mol. The van der Waals surface area contributed by atoms with Crippen LogP contribution in [0.1, 0.15) is 11.1 Å². The average molecular weight is 222 g/mol. The summed E-state index contributed by atoms with van der Waals surface area (Å²) in [7, 11) is 1.58. The summed E-state index contributed by atoms with van der Waals surface area (Å²) in [6.45, 7) is 0.247. The van der Waals surface area contributed by atoms with Crippen molar-refractivity contribution in [2.45, 2.75) is 13.0 Å². The van der Waals surface area contributed by atoms with Gasteiger partial charge in [0.2, 0.25) is 5.91 Å². The number of rotatable bonds is 4. The van der Waals surface area contributed by atoms with Gasteiger partial charge < -0.3 is 15.7 Å². The van der Waals surface area contributed by atoms with Crippen molar-refractivity contribution in [3.63, 3.8) is 0 Å². The second-order valence-electron chi connectivity index (χ2n) is 3.33. The second-order valence-corrected chi connectivity index (χ2v) is 3.33. The fraction of sp³-hybridized carbons (Fsp3) is 0.273. The molecule has 0 unspecified atom stereocenters. The van der Waals surface area contributed by atoms with Crippen molar-refractivity contribution in [1.82, 2.24) is 10.6 Å². The van der Waals surface area contributed by atoms with Gasteiger partial charge in [-0.05, 0) is 11.1 Å². The van der Waals surface area contributed by atoms with Crippen molar-refractivity contribution in [3.05, 3.63) is 35.4 Å². The van der Waals surface area contributed by atoms with Gasteiger partial charge >= 0.3 is 6.09 Å². The van der Waals surface area contributed by atoms with Crippen LogP contribution in [0.2, 0.25) is 0 Å². The molecule has 0 saturated heterocycles. The zero-order valence-corrected chi connectivity index (χ0v) is 8.99. The predicted octanol–water partition coefficient (Wildman–Crippen LogP) is 0.743. The third-order valence-electron chi connectivity index (χ3n) is 2.08. The summed E-state index contributed by atoms with van der Waals surface area (Å²) in [5.41, 5.74) is 1.70. The molecule has 0 atom stereocenters. The molecule has 1 rings (SSSR count). The predicted molar refractivity (Wildman–Crippen MR) is 59.1 cm³/mol. The number of amides is 2. The highest BCUT2D eigenvalue weighted by Crippen LogP contribution is 2.05. The molecule has 0 radical (unpaired) electrons. The minimum absolute atomic E-state index is 0.0663.